The fourth-order valence-electron chi connectivity index (χ4n) is 1.72. The Morgan fingerprint density at radius 2 is 1.95 bits per heavy atom. The Balaban J connectivity index is 1.78. The minimum Gasteiger partial charge on any atom is -0.299 e. The van der Waals surface area contributed by atoms with Gasteiger partial charge < -0.3 is 0 Å². The molecule has 3 nitrogen and oxygen atoms in total. The maximum Gasteiger partial charge on any atom is 0.238 e. The van der Waals surface area contributed by atoms with Gasteiger partial charge in [-0.1, -0.05) is 29.8 Å². The van der Waals surface area contributed by atoms with E-state index >= 15 is 0 Å². The Labute approximate surface area is 121 Å². The predicted molar refractivity (Wildman–Crippen MR) is 77.9 cm³/mol. The van der Waals surface area contributed by atoms with Crippen LogP contribution in [0, 0.1) is 5.82 Å². The zero-order chi connectivity index (χ0) is 14.4. The van der Waals surface area contributed by atoms with Crippen LogP contribution >= 0.6 is 11.6 Å². The molecule has 0 aromatic heterocycles. The summed E-state index contributed by atoms with van der Waals surface area (Å²) in [6.45, 7) is 0. The molecule has 2 rings (SSSR count). The van der Waals surface area contributed by atoms with Crippen LogP contribution in [0.1, 0.15) is 12.0 Å². The van der Waals surface area contributed by atoms with E-state index in [-0.39, 0.29) is 18.1 Å². The molecule has 0 aliphatic rings. The topological polar surface area (TPSA) is 41.1 Å². The first kappa shape index (κ1) is 14.3. The third-order valence-corrected chi connectivity index (χ3v) is 2.94. The quantitative estimate of drug-likeness (QED) is 0.828. The number of halogens is 2. The van der Waals surface area contributed by atoms with Crippen LogP contribution in [0.4, 0.5) is 10.1 Å². The SMILES string of the molecule is O=C(CCc1cccc(F)c1)NNc1cccc(Cl)c1. The third-order valence-electron chi connectivity index (χ3n) is 2.70. The number of carbonyl (C=O) groups is 1. The minimum atomic E-state index is -0.292. The zero-order valence-electron chi connectivity index (χ0n) is 10.7. The van der Waals surface area contributed by atoms with Gasteiger partial charge in [0.15, 0.2) is 0 Å². The Morgan fingerprint density at radius 3 is 2.70 bits per heavy atom. The number of carbonyl (C=O) groups excluding carboxylic acids is 1. The molecule has 0 heterocycles. The summed E-state index contributed by atoms with van der Waals surface area (Å²) in [5, 5.41) is 0.587. The van der Waals surface area contributed by atoms with E-state index in [9.17, 15) is 9.18 Å². The number of benzene rings is 2. The number of hydrazine groups is 1. The highest BCUT2D eigenvalue weighted by Gasteiger charge is 2.03. The number of anilines is 1. The van der Waals surface area contributed by atoms with Crippen molar-refractivity contribution in [1.82, 2.24) is 5.43 Å². The summed E-state index contributed by atoms with van der Waals surface area (Å²) < 4.78 is 13.0. The van der Waals surface area contributed by atoms with Gasteiger partial charge in [-0.15, -0.1) is 0 Å². The van der Waals surface area contributed by atoms with Gasteiger partial charge in [-0.3, -0.25) is 15.6 Å². The molecule has 1 amide bonds. The van der Waals surface area contributed by atoms with Crippen LogP contribution < -0.4 is 10.9 Å². The molecule has 2 N–H and O–H groups in total. The summed E-state index contributed by atoms with van der Waals surface area (Å²) in [4.78, 5) is 11.7. The second kappa shape index (κ2) is 6.91. The third kappa shape index (κ3) is 4.55. The van der Waals surface area contributed by atoms with Crippen molar-refractivity contribution < 1.29 is 9.18 Å². The molecule has 0 radical (unpaired) electrons. The summed E-state index contributed by atoms with van der Waals surface area (Å²) in [6, 6.07) is 13.3. The lowest BCUT2D eigenvalue weighted by atomic mass is 10.1. The van der Waals surface area contributed by atoms with Crippen LogP contribution in [0.3, 0.4) is 0 Å². The van der Waals surface area contributed by atoms with Crippen molar-refractivity contribution in [3.63, 3.8) is 0 Å². The smallest absolute Gasteiger partial charge is 0.238 e. The summed E-state index contributed by atoms with van der Waals surface area (Å²) in [5.74, 6) is -0.464. The minimum absolute atomic E-state index is 0.172. The van der Waals surface area contributed by atoms with Gasteiger partial charge in [-0.05, 0) is 42.3 Å². The van der Waals surface area contributed by atoms with Gasteiger partial charge in [0.1, 0.15) is 5.82 Å². The fourth-order valence-corrected chi connectivity index (χ4v) is 1.91. The number of amides is 1. The molecule has 0 atom stereocenters. The van der Waals surface area contributed by atoms with E-state index in [0.29, 0.717) is 17.1 Å². The second-order valence-electron chi connectivity index (χ2n) is 4.31. The van der Waals surface area contributed by atoms with E-state index in [1.165, 1.54) is 12.1 Å². The maximum absolute atomic E-state index is 13.0. The van der Waals surface area contributed by atoms with Crippen LogP contribution in [0.25, 0.3) is 0 Å². The van der Waals surface area contributed by atoms with E-state index in [0.717, 1.165) is 5.56 Å². The predicted octanol–water partition coefficient (Wildman–Crippen LogP) is 3.56. The Bertz CT molecular complexity index is 552. The standard InChI is InChI=1S/C15H14ClFN2O/c16-12-4-2-6-14(10-12)18-19-15(20)8-7-11-3-1-5-13(17)9-11/h1-6,9-10,18H,7-8H2,(H,19,20). The molecule has 0 fully saturated rings. The van der Waals surface area contributed by atoms with Crippen molar-refractivity contribution in [3.8, 4) is 0 Å². The lowest BCUT2D eigenvalue weighted by Gasteiger charge is -2.08. The van der Waals surface area contributed by atoms with Gasteiger partial charge >= 0.3 is 0 Å². The van der Waals surface area contributed by atoms with E-state index in [1.54, 1.807) is 36.4 Å². The fraction of sp³-hybridized carbons (Fsp3) is 0.133. The van der Waals surface area contributed by atoms with Crippen molar-refractivity contribution >= 4 is 23.2 Å². The monoisotopic (exact) mass is 292 g/mol. The molecule has 0 spiro atoms. The summed E-state index contributed by atoms with van der Waals surface area (Å²) in [5.41, 5.74) is 6.84. The first-order valence-electron chi connectivity index (χ1n) is 6.18. The Kier molecular flexibility index (Phi) is 4.96. The summed E-state index contributed by atoms with van der Waals surface area (Å²) >= 11 is 5.83. The maximum atomic E-state index is 13.0. The molecule has 2 aromatic rings. The van der Waals surface area contributed by atoms with Crippen LogP contribution in [0.2, 0.25) is 5.02 Å². The first-order chi connectivity index (χ1) is 9.63. The van der Waals surface area contributed by atoms with Gasteiger partial charge in [-0.2, -0.15) is 0 Å². The molecular weight excluding hydrogens is 279 g/mol. The van der Waals surface area contributed by atoms with Gasteiger partial charge in [0.25, 0.3) is 0 Å². The van der Waals surface area contributed by atoms with Crippen molar-refractivity contribution in [3.05, 3.63) is 64.9 Å². The normalized spacial score (nSPS) is 10.1. The molecular formula is C15H14ClFN2O. The average Bonchev–Trinajstić information content (AvgIpc) is 2.43. The average molecular weight is 293 g/mol. The van der Waals surface area contributed by atoms with Crippen molar-refractivity contribution in [2.24, 2.45) is 0 Å². The van der Waals surface area contributed by atoms with E-state index in [4.69, 9.17) is 11.6 Å². The Hall–Kier alpha value is -2.07. The molecule has 20 heavy (non-hydrogen) atoms. The molecule has 104 valence electrons. The van der Waals surface area contributed by atoms with E-state index in [2.05, 4.69) is 10.9 Å². The van der Waals surface area contributed by atoms with Gasteiger partial charge in [0.2, 0.25) is 5.91 Å². The van der Waals surface area contributed by atoms with Gasteiger partial charge in [-0.25, -0.2) is 4.39 Å². The molecule has 0 saturated carbocycles. The van der Waals surface area contributed by atoms with Crippen LogP contribution in [-0.4, -0.2) is 5.91 Å². The highest BCUT2D eigenvalue weighted by Crippen LogP contribution is 2.13. The highest BCUT2D eigenvalue weighted by atomic mass is 35.5. The second-order valence-corrected chi connectivity index (χ2v) is 4.75. The van der Waals surface area contributed by atoms with Crippen molar-refractivity contribution in [1.29, 1.82) is 0 Å². The molecule has 2 aromatic carbocycles. The number of hydrogen-bond donors (Lipinski definition) is 2. The molecule has 0 unspecified atom stereocenters. The van der Waals surface area contributed by atoms with Crippen LogP contribution in [0.5, 0.6) is 0 Å². The first-order valence-corrected chi connectivity index (χ1v) is 6.56. The highest BCUT2D eigenvalue weighted by molar-refractivity contribution is 6.30. The molecule has 0 saturated heterocycles. The number of hydrogen-bond acceptors (Lipinski definition) is 2. The zero-order valence-corrected chi connectivity index (χ0v) is 11.5. The van der Waals surface area contributed by atoms with Crippen molar-refractivity contribution in [2.75, 3.05) is 5.43 Å². The summed E-state index contributed by atoms with van der Waals surface area (Å²) in [7, 11) is 0. The summed E-state index contributed by atoms with van der Waals surface area (Å²) in [6.07, 6.45) is 0.762. The molecule has 0 bridgehead atoms. The van der Waals surface area contributed by atoms with Crippen LogP contribution in [0.15, 0.2) is 48.5 Å². The molecule has 0 aliphatic carbocycles. The van der Waals surface area contributed by atoms with Crippen LogP contribution in [-0.2, 0) is 11.2 Å². The number of nitrogens with one attached hydrogen (secondary N) is 2. The van der Waals surface area contributed by atoms with E-state index in [1.807, 2.05) is 0 Å². The number of aryl methyl sites for hydroxylation is 1. The molecule has 5 heteroatoms. The van der Waals surface area contributed by atoms with Gasteiger partial charge in [0, 0.05) is 11.4 Å². The molecule has 0 aliphatic heterocycles. The lowest BCUT2D eigenvalue weighted by Crippen LogP contribution is -2.29. The van der Waals surface area contributed by atoms with E-state index < -0.39 is 0 Å². The Morgan fingerprint density at radius 1 is 1.15 bits per heavy atom. The van der Waals surface area contributed by atoms with Gasteiger partial charge in [0.05, 0.1) is 5.69 Å². The largest absolute Gasteiger partial charge is 0.299 e. The van der Waals surface area contributed by atoms with Crippen molar-refractivity contribution in [2.45, 2.75) is 12.8 Å². The lowest BCUT2D eigenvalue weighted by molar-refractivity contribution is -0.120. The number of rotatable bonds is 5.